The highest BCUT2D eigenvalue weighted by atomic mass is 16.6. The molecule has 2 aromatic heterocycles. The molecule has 0 saturated carbocycles. The molecule has 3 atom stereocenters. The SMILES string of the molecule is COc1ccc2nccc(N3C[C@@H](O)[C@H](NC[C@@H]4CN(c5ccc6c(c5)OCCO6)C(=O)O4)C3)c2n1. The van der Waals surface area contributed by atoms with Gasteiger partial charge < -0.3 is 34.3 Å². The van der Waals surface area contributed by atoms with E-state index in [1.165, 1.54) is 0 Å². The Bertz CT molecular complexity index is 1290. The molecular formula is C25H27N5O6. The van der Waals surface area contributed by atoms with Gasteiger partial charge in [0.2, 0.25) is 5.88 Å². The van der Waals surface area contributed by atoms with Crippen molar-refractivity contribution in [2.24, 2.45) is 0 Å². The fourth-order valence-electron chi connectivity index (χ4n) is 4.87. The number of hydrogen-bond donors (Lipinski definition) is 2. The minimum absolute atomic E-state index is 0.194. The zero-order chi connectivity index (χ0) is 24.6. The first-order chi connectivity index (χ1) is 17.6. The number of aromatic nitrogens is 2. The minimum atomic E-state index is -0.593. The lowest BCUT2D eigenvalue weighted by Crippen LogP contribution is -2.43. The van der Waals surface area contributed by atoms with Crippen LogP contribution < -0.4 is 29.3 Å². The second kappa shape index (κ2) is 9.32. The number of methoxy groups -OCH3 is 1. The number of carbonyl (C=O) groups is 1. The number of aliphatic hydroxyl groups is 1. The van der Waals surface area contributed by atoms with Crippen LogP contribution in [0.1, 0.15) is 0 Å². The van der Waals surface area contributed by atoms with E-state index in [0.29, 0.717) is 62.5 Å². The van der Waals surface area contributed by atoms with E-state index < -0.39 is 12.2 Å². The summed E-state index contributed by atoms with van der Waals surface area (Å²) in [5.74, 6) is 1.81. The summed E-state index contributed by atoms with van der Waals surface area (Å²) in [5, 5.41) is 14.1. The van der Waals surface area contributed by atoms with Crippen LogP contribution in [0.5, 0.6) is 17.4 Å². The molecule has 0 radical (unpaired) electrons. The number of fused-ring (bicyclic) bond motifs is 2. The summed E-state index contributed by atoms with van der Waals surface area (Å²) in [4.78, 5) is 25.2. The first kappa shape index (κ1) is 22.6. The van der Waals surface area contributed by atoms with Crippen molar-refractivity contribution in [3.8, 4) is 17.4 Å². The molecule has 5 heterocycles. The summed E-state index contributed by atoms with van der Waals surface area (Å²) < 4.78 is 22.1. The highest BCUT2D eigenvalue weighted by Crippen LogP contribution is 2.35. The first-order valence-electron chi connectivity index (χ1n) is 11.9. The predicted octanol–water partition coefficient (Wildman–Crippen LogP) is 1.57. The number of benzene rings is 1. The average molecular weight is 494 g/mol. The Balaban J connectivity index is 1.10. The molecule has 3 aliphatic heterocycles. The molecule has 6 rings (SSSR count). The summed E-state index contributed by atoms with van der Waals surface area (Å²) in [7, 11) is 1.58. The Labute approximate surface area is 207 Å². The molecular weight excluding hydrogens is 466 g/mol. The summed E-state index contributed by atoms with van der Waals surface area (Å²) in [5.41, 5.74) is 3.08. The van der Waals surface area contributed by atoms with Crippen LogP contribution in [0, 0.1) is 0 Å². The van der Waals surface area contributed by atoms with E-state index in [4.69, 9.17) is 18.9 Å². The van der Waals surface area contributed by atoms with Gasteiger partial charge in [-0.25, -0.2) is 9.78 Å². The summed E-state index contributed by atoms with van der Waals surface area (Å²) in [6.07, 6.45) is 0.392. The van der Waals surface area contributed by atoms with Crippen molar-refractivity contribution >= 4 is 28.5 Å². The number of pyridine rings is 2. The van der Waals surface area contributed by atoms with Gasteiger partial charge in [-0.05, 0) is 24.3 Å². The molecule has 11 nitrogen and oxygen atoms in total. The molecule has 0 bridgehead atoms. The van der Waals surface area contributed by atoms with Gasteiger partial charge >= 0.3 is 6.09 Å². The number of nitrogens with zero attached hydrogens (tertiary/aromatic N) is 4. The van der Waals surface area contributed by atoms with E-state index in [2.05, 4.69) is 20.2 Å². The molecule has 188 valence electrons. The lowest BCUT2D eigenvalue weighted by molar-refractivity contribution is 0.126. The summed E-state index contributed by atoms with van der Waals surface area (Å²) in [6.45, 7) is 2.84. The van der Waals surface area contributed by atoms with Gasteiger partial charge in [0.05, 0.1) is 42.7 Å². The van der Waals surface area contributed by atoms with Crippen LogP contribution >= 0.6 is 0 Å². The standard InChI is InChI=1S/C25H27N5O6/c1-33-23-5-3-17-24(28-23)19(6-7-26-17)29-13-18(20(31)14-29)27-11-16-12-30(25(32)36-16)15-2-4-21-22(10-15)35-9-8-34-21/h2-7,10,16,18,20,27,31H,8-9,11-14H2,1H3/t16-,18-,20-/m1/s1. The van der Waals surface area contributed by atoms with Crippen molar-refractivity contribution in [1.29, 1.82) is 0 Å². The van der Waals surface area contributed by atoms with Crippen LogP contribution in [0.2, 0.25) is 0 Å². The number of ether oxygens (including phenoxy) is 4. The van der Waals surface area contributed by atoms with E-state index in [0.717, 1.165) is 16.7 Å². The first-order valence-corrected chi connectivity index (χ1v) is 11.9. The van der Waals surface area contributed by atoms with E-state index in [-0.39, 0.29) is 12.1 Å². The molecule has 11 heteroatoms. The molecule has 2 fully saturated rings. The number of β-amino-alcohol motifs (C(OH)–C–C–N with tert-alkyl or cyclic N) is 1. The van der Waals surface area contributed by atoms with Crippen molar-refractivity contribution in [1.82, 2.24) is 15.3 Å². The number of cyclic esters (lactones) is 1. The molecule has 3 aromatic rings. The minimum Gasteiger partial charge on any atom is -0.486 e. The van der Waals surface area contributed by atoms with E-state index in [1.807, 2.05) is 18.2 Å². The predicted molar refractivity (Wildman–Crippen MR) is 131 cm³/mol. The van der Waals surface area contributed by atoms with Crippen LogP contribution in [0.25, 0.3) is 11.0 Å². The third-order valence-electron chi connectivity index (χ3n) is 6.70. The second-order valence-electron chi connectivity index (χ2n) is 8.98. The van der Waals surface area contributed by atoms with Crippen LogP contribution in [0.4, 0.5) is 16.2 Å². The van der Waals surface area contributed by atoms with Gasteiger partial charge in [-0.1, -0.05) is 0 Å². The third-order valence-corrected chi connectivity index (χ3v) is 6.70. The molecule has 3 aliphatic rings. The topological polar surface area (TPSA) is 119 Å². The molecule has 0 unspecified atom stereocenters. The van der Waals surface area contributed by atoms with Gasteiger partial charge in [-0.2, -0.15) is 0 Å². The van der Waals surface area contributed by atoms with Crippen molar-refractivity contribution in [2.45, 2.75) is 18.2 Å². The summed E-state index contributed by atoms with van der Waals surface area (Å²) in [6, 6.07) is 10.8. The Morgan fingerprint density at radius 3 is 2.83 bits per heavy atom. The molecule has 2 N–H and O–H groups in total. The monoisotopic (exact) mass is 493 g/mol. The van der Waals surface area contributed by atoms with Gasteiger partial charge in [-0.3, -0.25) is 9.88 Å². The van der Waals surface area contributed by atoms with Crippen molar-refractivity contribution in [3.05, 3.63) is 42.6 Å². The highest BCUT2D eigenvalue weighted by Gasteiger charge is 2.36. The van der Waals surface area contributed by atoms with Crippen molar-refractivity contribution in [3.63, 3.8) is 0 Å². The normalized spacial score (nSPS) is 23.3. The average Bonchev–Trinajstić information content (AvgIpc) is 3.47. The third kappa shape index (κ3) is 4.20. The van der Waals surface area contributed by atoms with Crippen LogP contribution in [-0.2, 0) is 4.74 Å². The fraction of sp³-hybridized carbons (Fsp3) is 0.400. The molecule has 0 aliphatic carbocycles. The Hall–Kier alpha value is -3.83. The molecule has 1 aromatic carbocycles. The van der Waals surface area contributed by atoms with Crippen molar-refractivity contribution < 1.29 is 28.8 Å². The van der Waals surface area contributed by atoms with Gasteiger partial charge in [0.15, 0.2) is 11.5 Å². The number of rotatable bonds is 6. The molecule has 0 spiro atoms. The lowest BCUT2D eigenvalue weighted by Gasteiger charge is -2.21. The smallest absolute Gasteiger partial charge is 0.414 e. The highest BCUT2D eigenvalue weighted by molar-refractivity contribution is 5.90. The molecule has 1 amide bonds. The number of carbonyl (C=O) groups excluding carboxylic acids is 1. The number of anilines is 2. The second-order valence-corrected chi connectivity index (χ2v) is 8.98. The largest absolute Gasteiger partial charge is 0.486 e. The van der Waals surface area contributed by atoms with E-state index in [9.17, 15) is 9.90 Å². The zero-order valence-electron chi connectivity index (χ0n) is 19.8. The lowest BCUT2D eigenvalue weighted by atomic mass is 10.2. The summed E-state index contributed by atoms with van der Waals surface area (Å²) >= 11 is 0. The number of hydrogen-bond acceptors (Lipinski definition) is 10. The Kier molecular flexibility index (Phi) is 5.86. The number of amides is 1. The maximum atomic E-state index is 12.6. The van der Waals surface area contributed by atoms with Crippen LogP contribution in [0.15, 0.2) is 42.6 Å². The maximum absolute atomic E-state index is 12.6. The quantitative estimate of drug-likeness (QED) is 0.524. The number of aliphatic hydroxyl groups excluding tert-OH is 1. The van der Waals surface area contributed by atoms with E-state index in [1.54, 1.807) is 36.4 Å². The maximum Gasteiger partial charge on any atom is 0.414 e. The Morgan fingerprint density at radius 2 is 1.97 bits per heavy atom. The zero-order valence-corrected chi connectivity index (χ0v) is 19.8. The fourth-order valence-corrected chi connectivity index (χ4v) is 4.87. The van der Waals surface area contributed by atoms with Gasteiger partial charge in [0, 0.05) is 38.0 Å². The van der Waals surface area contributed by atoms with Gasteiger partial charge in [0.25, 0.3) is 0 Å². The molecule has 36 heavy (non-hydrogen) atoms. The molecule has 2 saturated heterocycles. The van der Waals surface area contributed by atoms with Gasteiger partial charge in [-0.15, -0.1) is 0 Å². The van der Waals surface area contributed by atoms with Crippen LogP contribution in [0.3, 0.4) is 0 Å². The number of nitrogens with one attached hydrogen (secondary N) is 1. The van der Waals surface area contributed by atoms with Crippen molar-refractivity contribution in [2.75, 3.05) is 56.3 Å². The van der Waals surface area contributed by atoms with Crippen LogP contribution in [-0.4, -0.2) is 85.9 Å². The van der Waals surface area contributed by atoms with E-state index >= 15 is 0 Å². The van der Waals surface area contributed by atoms with Gasteiger partial charge in [0.1, 0.15) is 24.8 Å². The Morgan fingerprint density at radius 1 is 1.11 bits per heavy atom.